The maximum atomic E-state index is 6.05. The fraction of sp³-hybridized carbons (Fsp3) is 1.00. The molecule has 1 aliphatic heterocycles. The Balaban J connectivity index is 1.63. The fourth-order valence-corrected chi connectivity index (χ4v) is 3.23. The minimum absolute atomic E-state index is 0.361. The fourth-order valence-electron chi connectivity index (χ4n) is 3.23. The van der Waals surface area contributed by atoms with Crippen molar-refractivity contribution in [1.29, 1.82) is 0 Å². The summed E-state index contributed by atoms with van der Waals surface area (Å²) >= 11 is 0. The van der Waals surface area contributed by atoms with Crippen molar-refractivity contribution >= 4 is 0 Å². The molecule has 0 aromatic rings. The predicted molar refractivity (Wildman–Crippen MR) is 67.0 cm³/mol. The normalized spacial score (nSPS) is 37.6. The van der Waals surface area contributed by atoms with Gasteiger partial charge in [-0.05, 0) is 44.4 Å². The molecule has 17 heavy (non-hydrogen) atoms. The first-order chi connectivity index (χ1) is 8.34. The largest absolute Gasteiger partial charge is 0.385 e. The van der Waals surface area contributed by atoms with Gasteiger partial charge in [0.05, 0.1) is 6.10 Å². The molecule has 0 bridgehead atoms. The molecule has 1 saturated heterocycles. The van der Waals surface area contributed by atoms with E-state index in [4.69, 9.17) is 9.47 Å². The lowest BCUT2D eigenvalue weighted by Gasteiger charge is -2.34. The Labute approximate surface area is 104 Å². The van der Waals surface area contributed by atoms with Crippen LogP contribution in [-0.4, -0.2) is 39.0 Å². The zero-order valence-electron chi connectivity index (χ0n) is 10.9. The molecule has 1 N–H and O–H groups in total. The molecule has 1 heterocycles. The molecule has 3 fully saturated rings. The summed E-state index contributed by atoms with van der Waals surface area (Å²) in [6.07, 6.45) is 8.38. The highest BCUT2D eigenvalue weighted by molar-refractivity contribution is 5.01. The van der Waals surface area contributed by atoms with Gasteiger partial charge in [0.25, 0.3) is 0 Å². The topological polar surface area (TPSA) is 30.5 Å². The molecule has 0 radical (unpaired) electrons. The maximum Gasteiger partial charge on any atom is 0.0673 e. The smallest absolute Gasteiger partial charge is 0.0673 e. The number of nitrogens with one attached hydrogen (secondary N) is 1. The zero-order valence-corrected chi connectivity index (χ0v) is 10.9. The molecule has 3 nitrogen and oxygen atoms in total. The van der Waals surface area contributed by atoms with E-state index in [2.05, 4.69) is 5.32 Å². The van der Waals surface area contributed by atoms with E-state index < -0.39 is 0 Å². The summed E-state index contributed by atoms with van der Waals surface area (Å²) in [4.78, 5) is 0. The van der Waals surface area contributed by atoms with Crippen LogP contribution in [0.25, 0.3) is 0 Å². The summed E-state index contributed by atoms with van der Waals surface area (Å²) in [5.74, 6) is 0.843. The lowest BCUT2D eigenvalue weighted by Crippen LogP contribution is -2.43. The van der Waals surface area contributed by atoms with Gasteiger partial charge in [-0.2, -0.15) is 0 Å². The minimum Gasteiger partial charge on any atom is -0.385 e. The second-order valence-corrected chi connectivity index (χ2v) is 6.14. The number of methoxy groups -OCH3 is 1. The third-order valence-corrected chi connectivity index (χ3v) is 4.68. The van der Waals surface area contributed by atoms with Gasteiger partial charge in [0.15, 0.2) is 0 Å². The van der Waals surface area contributed by atoms with Crippen molar-refractivity contribution in [2.75, 3.05) is 26.9 Å². The van der Waals surface area contributed by atoms with Crippen molar-refractivity contribution in [3.05, 3.63) is 0 Å². The average Bonchev–Trinajstić information content (AvgIpc) is 3.24. The van der Waals surface area contributed by atoms with Crippen molar-refractivity contribution in [2.45, 2.75) is 50.7 Å². The summed E-state index contributed by atoms with van der Waals surface area (Å²) in [6.45, 7) is 2.97. The van der Waals surface area contributed by atoms with Gasteiger partial charge in [-0.1, -0.05) is 0 Å². The molecule has 98 valence electrons. The molecule has 0 aromatic heterocycles. The van der Waals surface area contributed by atoms with Crippen LogP contribution in [-0.2, 0) is 9.47 Å². The molecule has 2 unspecified atom stereocenters. The number of hydrogen-bond donors (Lipinski definition) is 1. The molecular weight excluding hydrogens is 214 g/mol. The van der Waals surface area contributed by atoms with E-state index in [1.165, 1.54) is 32.1 Å². The lowest BCUT2D eigenvalue weighted by molar-refractivity contribution is 0.0141. The number of hydrogen-bond acceptors (Lipinski definition) is 3. The van der Waals surface area contributed by atoms with Crippen molar-refractivity contribution < 1.29 is 9.47 Å². The van der Waals surface area contributed by atoms with Crippen LogP contribution in [0.3, 0.4) is 0 Å². The van der Waals surface area contributed by atoms with Crippen LogP contribution in [0.2, 0.25) is 0 Å². The molecule has 2 saturated carbocycles. The van der Waals surface area contributed by atoms with E-state index in [0.717, 1.165) is 38.1 Å². The van der Waals surface area contributed by atoms with Crippen LogP contribution in [0, 0.1) is 11.3 Å². The van der Waals surface area contributed by atoms with Gasteiger partial charge in [0.2, 0.25) is 0 Å². The highest BCUT2D eigenvalue weighted by atomic mass is 16.5. The van der Waals surface area contributed by atoms with Crippen LogP contribution in [0.1, 0.15) is 38.5 Å². The Morgan fingerprint density at radius 2 is 2.12 bits per heavy atom. The van der Waals surface area contributed by atoms with Gasteiger partial charge in [0, 0.05) is 38.3 Å². The Morgan fingerprint density at radius 3 is 2.76 bits per heavy atom. The monoisotopic (exact) mass is 239 g/mol. The molecule has 3 rings (SSSR count). The first kappa shape index (κ1) is 11.9. The van der Waals surface area contributed by atoms with E-state index in [-0.39, 0.29) is 0 Å². The van der Waals surface area contributed by atoms with Crippen LogP contribution in [0.15, 0.2) is 0 Å². The van der Waals surface area contributed by atoms with Crippen LogP contribution in [0.5, 0.6) is 0 Å². The molecule has 0 aromatic carbocycles. The van der Waals surface area contributed by atoms with Crippen LogP contribution < -0.4 is 5.32 Å². The third kappa shape index (κ3) is 2.67. The summed E-state index contributed by atoms with van der Waals surface area (Å²) < 4.78 is 11.4. The SMILES string of the molecule is COCCC1(CNC2CC2)CCOC1C1CC1. The Kier molecular flexibility index (Phi) is 3.42. The second kappa shape index (κ2) is 4.87. The van der Waals surface area contributed by atoms with Gasteiger partial charge in [-0.25, -0.2) is 0 Å². The zero-order chi connectivity index (χ0) is 11.7. The molecule has 3 aliphatic rings. The molecule has 3 heteroatoms. The maximum absolute atomic E-state index is 6.05. The average molecular weight is 239 g/mol. The van der Waals surface area contributed by atoms with Crippen molar-refractivity contribution in [2.24, 2.45) is 11.3 Å². The van der Waals surface area contributed by atoms with E-state index in [1.807, 2.05) is 7.11 Å². The minimum atomic E-state index is 0.361. The van der Waals surface area contributed by atoms with E-state index in [9.17, 15) is 0 Å². The van der Waals surface area contributed by atoms with Crippen molar-refractivity contribution in [3.8, 4) is 0 Å². The van der Waals surface area contributed by atoms with Gasteiger partial charge < -0.3 is 14.8 Å². The highest BCUT2D eigenvalue weighted by Crippen LogP contribution is 2.49. The number of rotatable bonds is 7. The van der Waals surface area contributed by atoms with Crippen LogP contribution >= 0.6 is 0 Å². The quantitative estimate of drug-likeness (QED) is 0.736. The molecule has 2 aliphatic carbocycles. The first-order valence-electron chi connectivity index (χ1n) is 7.18. The summed E-state index contributed by atoms with van der Waals surface area (Å²) in [5.41, 5.74) is 0.361. The van der Waals surface area contributed by atoms with Crippen LogP contribution in [0.4, 0.5) is 0 Å². The van der Waals surface area contributed by atoms with Gasteiger partial charge >= 0.3 is 0 Å². The predicted octanol–water partition coefficient (Wildman–Crippen LogP) is 1.96. The number of ether oxygens (including phenoxy) is 2. The van der Waals surface area contributed by atoms with Crippen molar-refractivity contribution in [3.63, 3.8) is 0 Å². The van der Waals surface area contributed by atoms with Gasteiger partial charge in [0.1, 0.15) is 0 Å². The Hall–Kier alpha value is -0.120. The Morgan fingerprint density at radius 1 is 1.29 bits per heavy atom. The summed E-state index contributed by atoms with van der Waals surface area (Å²) in [5, 5.41) is 3.73. The lowest BCUT2D eigenvalue weighted by atomic mass is 9.76. The van der Waals surface area contributed by atoms with Gasteiger partial charge in [-0.15, -0.1) is 0 Å². The van der Waals surface area contributed by atoms with E-state index >= 15 is 0 Å². The second-order valence-electron chi connectivity index (χ2n) is 6.14. The standard InChI is InChI=1S/C14H25NO2/c1-16-8-6-14(10-15-12-4-5-12)7-9-17-13(14)11-2-3-11/h11-13,15H,2-10H2,1H3. The molecule has 2 atom stereocenters. The van der Waals surface area contributed by atoms with E-state index in [0.29, 0.717) is 11.5 Å². The molecule has 0 amide bonds. The van der Waals surface area contributed by atoms with Gasteiger partial charge in [-0.3, -0.25) is 0 Å². The molecule has 0 spiro atoms. The molecular formula is C14H25NO2. The summed E-state index contributed by atoms with van der Waals surface area (Å²) in [7, 11) is 1.81. The first-order valence-corrected chi connectivity index (χ1v) is 7.18. The highest BCUT2D eigenvalue weighted by Gasteiger charge is 2.50. The third-order valence-electron chi connectivity index (χ3n) is 4.68. The van der Waals surface area contributed by atoms with E-state index in [1.54, 1.807) is 0 Å². The Bertz CT molecular complexity index is 263. The summed E-state index contributed by atoms with van der Waals surface area (Å²) in [6, 6.07) is 0.801. The van der Waals surface area contributed by atoms with Crippen molar-refractivity contribution in [1.82, 2.24) is 5.32 Å².